The van der Waals surface area contributed by atoms with Crippen LogP contribution in [0.5, 0.6) is 0 Å². The summed E-state index contributed by atoms with van der Waals surface area (Å²) in [7, 11) is 2.19. The molecule has 0 aromatic heterocycles. The van der Waals surface area contributed by atoms with Crippen molar-refractivity contribution in [3.63, 3.8) is 0 Å². The standard InChI is InChI=1S/C16H34N4.HI/c1-12(2)7-6-8-13(3)19-16(17)18-11-14(4)20(5)15-9-10-15;/h12-15H,6-11H2,1-5H3,(H3,17,18,19);1H. The number of halogens is 1. The zero-order valence-electron chi connectivity index (χ0n) is 14.4. The van der Waals surface area contributed by atoms with E-state index in [9.17, 15) is 0 Å². The quantitative estimate of drug-likeness (QED) is 0.349. The Hall–Kier alpha value is -0.0400. The highest BCUT2D eigenvalue weighted by atomic mass is 127. The van der Waals surface area contributed by atoms with Crippen molar-refractivity contribution in [2.24, 2.45) is 16.6 Å². The highest BCUT2D eigenvalue weighted by molar-refractivity contribution is 14.0. The maximum absolute atomic E-state index is 5.97. The third kappa shape index (κ3) is 9.55. The molecular formula is C16H35IN4. The Kier molecular flexibility index (Phi) is 10.6. The average Bonchev–Trinajstić information content (AvgIpc) is 3.18. The topological polar surface area (TPSA) is 53.6 Å². The molecule has 1 saturated carbocycles. The Morgan fingerprint density at radius 1 is 1.24 bits per heavy atom. The molecule has 1 aliphatic carbocycles. The number of nitrogens with one attached hydrogen (secondary N) is 1. The van der Waals surface area contributed by atoms with Crippen molar-refractivity contribution in [3.05, 3.63) is 0 Å². The second-order valence-corrected chi connectivity index (χ2v) is 6.84. The van der Waals surface area contributed by atoms with Crippen molar-refractivity contribution in [2.45, 2.75) is 77.9 Å². The minimum Gasteiger partial charge on any atom is -0.370 e. The first-order valence-corrected chi connectivity index (χ1v) is 8.18. The molecule has 126 valence electrons. The number of nitrogens with zero attached hydrogens (tertiary/aromatic N) is 2. The lowest BCUT2D eigenvalue weighted by molar-refractivity contribution is 0.253. The number of likely N-dealkylation sites (N-methyl/N-ethyl adjacent to an activating group) is 1. The largest absolute Gasteiger partial charge is 0.370 e. The molecule has 1 aliphatic rings. The maximum Gasteiger partial charge on any atom is 0.188 e. The van der Waals surface area contributed by atoms with Crippen molar-refractivity contribution in [1.29, 1.82) is 0 Å². The first-order valence-electron chi connectivity index (χ1n) is 8.18. The van der Waals surface area contributed by atoms with Gasteiger partial charge in [-0.3, -0.25) is 9.89 Å². The van der Waals surface area contributed by atoms with Crippen molar-refractivity contribution < 1.29 is 0 Å². The summed E-state index contributed by atoms with van der Waals surface area (Å²) >= 11 is 0. The molecule has 5 heteroatoms. The van der Waals surface area contributed by atoms with Gasteiger partial charge in [-0.2, -0.15) is 0 Å². The van der Waals surface area contributed by atoms with Crippen molar-refractivity contribution in [1.82, 2.24) is 10.2 Å². The molecule has 0 heterocycles. The number of hydrogen-bond acceptors (Lipinski definition) is 2. The normalized spacial score (nSPS) is 18.5. The van der Waals surface area contributed by atoms with E-state index in [4.69, 9.17) is 5.73 Å². The van der Waals surface area contributed by atoms with Gasteiger partial charge in [0.1, 0.15) is 0 Å². The van der Waals surface area contributed by atoms with Crippen LogP contribution in [0.3, 0.4) is 0 Å². The minimum absolute atomic E-state index is 0. The zero-order valence-corrected chi connectivity index (χ0v) is 16.8. The van der Waals surface area contributed by atoms with Crippen LogP contribution in [0.15, 0.2) is 4.99 Å². The lowest BCUT2D eigenvalue weighted by atomic mass is 10.0. The minimum atomic E-state index is 0. The van der Waals surface area contributed by atoms with Crippen molar-refractivity contribution in [3.8, 4) is 0 Å². The maximum atomic E-state index is 5.97. The number of aliphatic imine (C=N–C) groups is 1. The monoisotopic (exact) mass is 410 g/mol. The van der Waals surface area contributed by atoms with Crippen LogP contribution in [0.25, 0.3) is 0 Å². The fourth-order valence-corrected chi connectivity index (χ4v) is 2.40. The Morgan fingerprint density at radius 2 is 1.86 bits per heavy atom. The Morgan fingerprint density at radius 3 is 2.38 bits per heavy atom. The molecule has 4 nitrogen and oxygen atoms in total. The number of guanidine groups is 1. The molecule has 0 aromatic rings. The van der Waals surface area contributed by atoms with Gasteiger partial charge in [-0.15, -0.1) is 24.0 Å². The molecular weight excluding hydrogens is 375 g/mol. The van der Waals surface area contributed by atoms with Crippen LogP contribution < -0.4 is 11.1 Å². The molecule has 1 fully saturated rings. The molecule has 0 bridgehead atoms. The lowest BCUT2D eigenvalue weighted by Crippen LogP contribution is -2.40. The first kappa shape index (κ1) is 21.0. The Bertz CT molecular complexity index is 303. The van der Waals surface area contributed by atoms with Gasteiger partial charge in [0, 0.05) is 18.1 Å². The summed E-state index contributed by atoms with van der Waals surface area (Å²) in [6.45, 7) is 9.73. The molecule has 0 aromatic carbocycles. The van der Waals surface area contributed by atoms with E-state index in [1.165, 1.54) is 25.7 Å². The van der Waals surface area contributed by atoms with Crippen LogP contribution in [-0.4, -0.2) is 42.6 Å². The lowest BCUT2D eigenvalue weighted by Gasteiger charge is -2.23. The summed E-state index contributed by atoms with van der Waals surface area (Å²) in [6.07, 6.45) is 6.37. The van der Waals surface area contributed by atoms with Gasteiger partial charge >= 0.3 is 0 Å². The number of rotatable bonds is 9. The summed E-state index contributed by atoms with van der Waals surface area (Å²) in [5.41, 5.74) is 5.97. The van der Waals surface area contributed by atoms with Gasteiger partial charge in [-0.25, -0.2) is 0 Å². The van der Waals surface area contributed by atoms with Gasteiger partial charge in [-0.1, -0.05) is 26.7 Å². The molecule has 3 N–H and O–H groups in total. The number of hydrogen-bond donors (Lipinski definition) is 2. The van der Waals surface area contributed by atoms with Crippen molar-refractivity contribution in [2.75, 3.05) is 13.6 Å². The van der Waals surface area contributed by atoms with E-state index in [1.54, 1.807) is 0 Å². The average molecular weight is 410 g/mol. The summed E-state index contributed by atoms with van der Waals surface area (Å²) < 4.78 is 0. The first-order chi connectivity index (χ1) is 9.40. The summed E-state index contributed by atoms with van der Waals surface area (Å²) in [4.78, 5) is 6.90. The summed E-state index contributed by atoms with van der Waals surface area (Å²) in [5.74, 6) is 1.38. The predicted molar refractivity (Wildman–Crippen MR) is 103 cm³/mol. The fourth-order valence-electron chi connectivity index (χ4n) is 2.40. The van der Waals surface area contributed by atoms with Gasteiger partial charge in [0.2, 0.25) is 0 Å². The van der Waals surface area contributed by atoms with Crippen LogP contribution in [0.1, 0.15) is 59.8 Å². The Balaban J connectivity index is 0.00000400. The molecule has 2 atom stereocenters. The smallest absolute Gasteiger partial charge is 0.188 e. The highest BCUT2D eigenvalue weighted by Gasteiger charge is 2.28. The summed E-state index contributed by atoms with van der Waals surface area (Å²) in [6, 6.07) is 1.66. The van der Waals surface area contributed by atoms with E-state index >= 15 is 0 Å². The van der Waals surface area contributed by atoms with Crippen LogP contribution in [-0.2, 0) is 0 Å². The van der Waals surface area contributed by atoms with E-state index in [0.29, 0.717) is 18.0 Å². The van der Waals surface area contributed by atoms with Crippen LogP contribution in [0, 0.1) is 5.92 Å². The molecule has 0 saturated heterocycles. The van der Waals surface area contributed by atoms with Crippen molar-refractivity contribution >= 4 is 29.9 Å². The van der Waals surface area contributed by atoms with Gasteiger partial charge in [-0.05, 0) is 46.1 Å². The summed E-state index contributed by atoms with van der Waals surface area (Å²) in [5, 5.41) is 3.30. The highest BCUT2D eigenvalue weighted by Crippen LogP contribution is 2.26. The van der Waals surface area contributed by atoms with E-state index in [2.05, 4.69) is 50.0 Å². The zero-order chi connectivity index (χ0) is 15.1. The van der Waals surface area contributed by atoms with Gasteiger partial charge < -0.3 is 11.1 Å². The van der Waals surface area contributed by atoms with Gasteiger partial charge in [0.25, 0.3) is 0 Å². The second-order valence-electron chi connectivity index (χ2n) is 6.84. The van der Waals surface area contributed by atoms with Crippen LogP contribution in [0.2, 0.25) is 0 Å². The van der Waals surface area contributed by atoms with Crippen LogP contribution >= 0.6 is 24.0 Å². The van der Waals surface area contributed by atoms with Gasteiger partial charge in [0.05, 0.1) is 6.54 Å². The van der Waals surface area contributed by atoms with E-state index in [-0.39, 0.29) is 24.0 Å². The van der Waals surface area contributed by atoms with Crippen LogP contribution in [0.4, 0.5) is 0 Å². The predicted octanol–water partition coefficient (Wildman–Crippen LogP) is 3.21. The third-order valence-corrected chi connectivity index (χ3v) is 4.16. The molecule has 0 amide bonds. The molecule has 1 rings (SSSR count). The molecule has 21 heavy (non-hydrogen) atoms. The van der Waals surface area contributed by atoms with E-state index < -0.39 is 0 Å². The van der Waals surface area contributed by atoms with E-state index in [1.807, 2.05) is 0 Å². The fraction of sp³-hybridized carbons (Fsp3) is 0.938. The SMILES string of the molecule is CC(C)CCCC(C)NC(N)=NCC(C)N(C)C1CC1.I. The second kappa shape index (κ2) is 10.6. The van der Waals surface area contributed by atoms with E-state index in [0.717, 1.165) is 24.9 Å². The molecule has 2 unspecified atom stereocenters. The number of nitrogens with two attached hydrogens (primary N) is 1. The third-order valence-electron chi connectivity index (χ3n) is 4.16. The molecule has 0 aliphatic heterocycles. The molecule has 0 spiro atoms. The Labute approximate surface area is 148 Å². The molecule has 0 radical (unpaired) electrons. The van der Waals surface area contributed by atoms with Gasteiger partial charge in [0.15, 0.2) is 5.96 Å².